The van der Waals surface area contributed by atoms with Crippen LogP contribution in [0.5, 0.6) is 5.75 Å². The lowest BCUT2D eigenvalue weighted by molar-refractivity contribution is 0.218. The minimum Gasteiger partial charge on any atom is -0.492 e. The molecule has 2 heterocycles. The number of nitrogens with one attached hydrogen (secondary N) is 1. The van der Waals surface area contributed by atoms with Crippen molar-refractivity contribution in [2.45, 2.75) is 19.6 Å². The van der Waals surface area contributed by atoms with E-state index in [9.17, 15) is 0 Å². The van der Waals surface area contributed by atoms with Crippen LogP contribution in [-0.4, -0.2) is 30.1 Å². The van der Waals surface area contributed by atoms with Crippen LogP contribution in [0.2, 0.25) is 0 Å². The van der Waals surface area contributed by atoms with Gasteiger partial charge in [0.15, 0.2) is 0 Å². The lowest BCUT2D eigenvalue weighted by Gasteiger charge is -2.17. The van der Waals surface area contributed by atoms with Crippen molar-refractivity contribution in [1.29, 1.82) is 0 Å². The molecule has 20 heavy (non-hydrogen) atoms. The average molecular weight is 289 g/mol. The molecule has 3 rings (SSSR count). The molecule has 0 spiro atoms. The van der Waals surface area contributed by atoms with E-state index in [4.69, 9.17) is 4.74 Å². The zero-order valence-corrected chi connectivity index (χ0v) is 12.4. The summed E-state index contributed by atoms with van der Waals surface area (Å²) >= 11 is 1.72. The first-order valence-electron chi connectivity index (χ1n) is 6.86. The third kappa shape index (κ3) is 3.17. The molecule has 0 amide bonds. The summed E-state index contributed by atoms with van der Waals surface area (Å²) in [5.41, 5.74) is 2.41. The molecule has 2 aromatic rings. The number of benzene rings is 1. The van der Waals surface area contributed by atoms with Gasteiger partial charge in [-0.3, -0.25) is 4.90 Å². The Hall–Kier alpha value is -1.43. The van der Waals surface area contributed by atoms with E-state index in [1.165, 1.54) is 5.56 Å². The van der Waals surface area contributed by atoms with Crippen molar-refractivity contribution in [3.63, 3.8) is 0 Å². The summed E-state index contributed by atoms with van der Waals surface area (Å²) in [5.74, 6) is 1.02. The molecule has 5 heteroatoms. The molecular formula is C15H19N3OS. The molecule has 0 fully saturated rings. The van der Waals surface area contributed by atoms with Gasteiger partial charge in [0.2, 0.25) is 0 Å². The minimum absolute atomic E-state index is 0.741. The summed E-state index contributed by atoms with van der Waals surface area (Å²) in [6, 6.07) is 8.28. The molecule has 0 bridgehead atoms. The summed E-state index contributed by atoms with van der Waals surface area (Å²) in [4.78, 5) is 7.05. The highest BCUT2D eigenvalue weighted by molar-refractivity contribution is 7.09. The summed E-state index contributed by atoms with van der Waals surface area (Å²) < 4.78 is 5.79. The second kappa shape index (κ2) is 6.35. The Labute approximate surface area is 123 Å². The van der Waals surface area contributed by atoms with Crippen molar-refractivity contribution in [3.05, 3.63) is 45.9 Å². The molecule has 0 atom stereocenters. The lowest BCUT2D eigenvalue weighted by atomic mass is 10.2. The van der Waals surface area contributed by atoms with Gasteiger partial charge in [-0.05, 0) is 13.1 Å². The van der Waals surface area contributed by atoms with Crippen LogP contribution < -0.4 is 10.1 Å². The van der Waals surface area contributed by atoms with Gasteiger partial charge in [0.25, 0.3) is 0 Å². The standard InChI is InChI=1S/C15H19N3OS/c1-16-8-15-17-13(11-20-15)10-18-6-7-19-14-5-3-2-4-12(14)9-18/h2-5,11,16H,6-10H2,1H3. The highest BCUT2D eigenvalue weighted by atomic mass is 32.1. The van der Waals surface area contributed by atoms with Crippen LogP contribution in [0.1, 0.15) is 16.3 Å². The summed E-state index contributed by atoms with van der Waals surface area (Å²) in [7, 11) is 1.95. The van der Waals surface area contributed by atoms with Gasteiger partial charge in [0.1, 0.15) is 17.4 Å². The molecule has 0 radical (unpaired) electrons. The van der Waals surface area contributed by atoms with Gasteiger partial charge >= 0.3 is 0 Å². The molecule has 1 aromatic heterocycles. The van der Waals surface area contributed by atoms with Gasteiger partial charge in [0.05, 0.1) is 5.69 Å². The number of fused-ring (bicyclic) bond motifs is 1. The van der Waals surface area contributed by atoms with Crippen molar-refractivity contribution in [1.82, 2.24) is 15.2 Å². The highest BCUT2D eigenvalue weighted by Crippen LogP contribution is 2.23. The van der Waals surface area contributed by atoms with Crippen molar-refractivity contribution >= 4 is 11.3 Å². The van der Waals surface area contributed by atoms with Gasteiger partial charge in [-0.15, -0.1) is 11.3 Å². The van der Waals surface area contributed by atoms with Crippen molar-refractivity contribution in [3.8, 4) is 5.75 Å². The van der Waals surface area contributed by atoms with E-state index in [0.717, 1.165) is 49.2 Å². The van der Waals surface area contributed by atoms with Gasteiger partial charge in [0, 0.05) is 37.1 Å². The highest BCUT2D eigenvalue weighted by Gasteiger charge is 2.16. The zero-order valence-electron chi connectivity index (χ0n) is 11.6. The normalized spacial score (nSPS) is 15.4. The van der Waals surface area contributed by atoms with Gasteiger partial charge < -0.3 is 10.1 Å². The van der Waals surface area contributed by atoms with E-state index < -0.39 is 0 Å². The molecule has 0 unspecified atom stereocenters. The summed E-state index contributed by atoms with van der Waals surface area (Å²) in [6.07, 6.45) is 0. The monoisotopic (exact) mass is 289 g/mol. The van der Waals surface area contributed by atoms with Crippen LogP contribution in [0.3, 0.4) is 0 Å². The summed E-state index contributed by atoms with van der Waals surface area (Å²) in [5, 5.41) is 6.44. The van der Waals surface area contributed by atoms with Gasteiger partial charge in [-0.2, -0.15) is 0 Å². The fourth-order valence-electron chi connectivity index (χ4n) is 2.40. The molecule has 1 aliphatic heterocycles. The van der Waals surface area contributed by atoms with Crippen LogP contribution in [0.15, 0.2) is 29.6 Å². The van der Waals surface area contributed by atoms with Crippen LogP contribution >= 0.6 is 11.3 Å². The fourth-order valence-corrected chi connectivity index (χ4v) is 3.19. The second-order valence-corrected chi connectivity index (χ2v) is 5.87. The lowest BCUT2D eigenvalue weighted by Crippen LogP contribution is -2.25. The molecular weight excluding hydrogens is 270 g/mol. The topological polar surface area (TPSA) is 37.4 Å². The predicted octanol–water partition coefficient (Wildman–Crippen LogP) is 2.26. The first-order valence-corrected chi connectivity index (χ1v) is 7.74. The largest absolute Gasteiger partial charge is 0.492 e. The van der Waals surface area contributed by atoms with Gasteiger partial charge in [-0.1, -0.05) is 18.2 Å². The Morgan fingerprint density at radius 2 is 2.30 bits per heavy atom. The van der Waals surface area contributed by atoms with Crippen molar-refractivity contribution < 1.29 is 4.74 Å². The number of nitrogens with zero attached hydrogens (tertiary/aromatic N) is 2. The molecule has 0 saturated heterocycles. The SMILES string of the molecule is CNCc1nc(CN2CCOc3ccccc3C2)cs1. The van der Waals surface area contributed by atoms with E-state index >= 15 is 0 Å². The zero-order chi connectivity index (χ0) is 13.8. The number of aromatic nitrogens is 1. The number of hydrogen-bond acceptors (Lipinski definition) is 5. The maximum atomic E-state index is 5.79. The van der Waals surface area contributed by atoms with E-state index in [1.54, 1.807) is 11.3 Å². The molecule has 106 valence electrons. The Morgan fingerprint density at radius 3 is 3.20 bits per heavy atom. The molecule has 0 saturated carbocycles. The maximum Gasteiger partial charge on any atom is 0.123 e. The number of rotatable bonds is 4. The van der Waals surface area contributed by atoms with Crippen molar-refractivity contribution in [2.75, 3.05) is 20.2 Å². The third-order valence-corrected chi connectivity index (χ3v) is 4.24. The van der Waals surface area contributed by atoms with E-state index in [1.807, 2.05) is 19.2 Å². The van der Waals surface area contributed by atoms with Crippen LogP contribution in [0, 0.1) is 0 Å². The number of thiazole rings is 1. The first kappa shape index (κ1) is 13.5. The van der Waals surface area contributed by atoms with Crippen LogP contribution in [0.25, 0.3) is 0 Å². The first-order chi connectivity index (χ1) is 9.85. The fraction of sp³-hybridized carbons (Fsp3) is 0.400. The average Bonchev–Trinajstić information content (AvgIpc) is 2.78. The van der Waals surface area contributed by atoms with Crippen LogP contribution in [0.4, 0.5) is 0 Å². The minimum atomic E-state index is 0.741. The van der Waals surface area contributed by atoms with E-state index in [0.29, 0.717) is 0 Å². The van der Waals surface area contributed by atoms with E-state index in [2.05, 4.69) is 32.7 Å². The van der Waals surface area contributed by atoms with E-state index in [-0.39, 0.29) is 0 Å². The van der Waals surface area contributed by atoms with Crippen LogP contribution in [-0.2, 0) is 19.6 Å². The smallest absolute Gasteiger partial charge is 0.123 e. The Morgan fingerprint density at radius 1 is 1.40 bits per heavy atom. The maximum absolute atomic E-state index is 5.79. The number of ether oxygens (including phenoxy) is 1. The molecule has 4 nitrogen and oxygen atoms in total. The quantitative estimate of drug-likeness (QED) is 0.937. The number of para-hydroxylation sites is 1. The van der Waals surface area contributed by atoms with Crippen molar-refractivity contribution in [2.24, 2.45) is 0 Å². The van der Waals surface area contributed by atoms with Gasteiger partial charge in [-0.25, -0.2) is 4.98 Å². The Kier molecular flexibility index (Phi) is 4.30. The molecule has 1 N–H and O–H groups in total. The second-order valence-electron chi connectivity index (χ2n) is 4.93. The molecule has 1 aliphatic rings. The third-order valence-electron chi connectivity index (χ3n) is 3.34. The number of hydrogen-bond donors (Lipinski definition) is 1. The predicted molar refractivity (Wildman–Crippen MR) is 80.9 cm³/mol. The molecule has 0 aliphatic carbocycles. The summed E-state index contributed by atoms with van der Waals surface area (Å²) in [6.45, 7) is 4.33. The Balaban J connectivity index is 1.68. The Bertz CT molecular complexity index is 570. The molecule has 1 aromatic carbocycles.